The molecule has 0 aromatic heterocycles. The lowest BCUT2D eigenvalue weighted by molar-refractivity contribution is 0.0697. The minimum absolute atomic E-state index is 0.0847. The number of benzene rings is 2. The molecule has 0 saturated carbocycles. The van der Waals surface area contributed by atoms with Crippen LogP contribution in [0.15, 0.2) is 35.4 Å². The number of carboxylic acid groups (broad SMARTS) is 1. The molecule has 0 atom stereocenters. The van der Waals surface area contributed by atoms with E-state index in [0.717, 1.165) is 0 Å². The maximum absolute atomic E-state index is 10.9. The molecule has 120 valence electrons. The van der Waals surface area contributed by atoms with Gasteiger partial charge < -0.3 is 14.9 Å². The number of anilines is 1. The van der Waals surface area contributed by atoms with Gasteiger partial charge in [0.05, 0.1) is 34.6 Å². The fourth-order valence-corrected chi connectivity index (χ4v) is 2.12. The van der Waals surface area contributed by atoms with E-state index in [0.29, 0.717) is 16.3 Å². The van der Waals surface area contributed by atoms with Crippen molar-refractivity contribution in [3.05, 3.63) is 51.5 Å². The standard InChI is InChI=1S/C15H12Cl2N2O4/c1-23-13-5-8(4-11(17)14(13)20)7-18-19-12-6-9(15(21)22)2-3-10(12)16/h2-7,19-20H,1H3,(H,21,22)/b18-7+. The Kier molecular flexibility index (Phi) is 5.31. The number of rotatable bonds is 5. The van der Waals surface area contributed by atoms with Crippen molar-refractivity contribution in [3.63, 3.8) is 0 Å². The molecule has 2 aromatic carbocycles. The predicted octanol–water partition coefficient (Wildman–Crippen LogP) is 3.85. The lowest BCUT2D eigenvalue weighted by Crippen LogP contribution is -1.98. The minimum Gasteiger partial charge on any atom is -0.503 e. The maximum atomic E-state index is 10.9. The van der Waals surface area contributed by atoms with Crippen LogP contribution in [0.25, 0.3) is 0 Å². The van der Waals surface area contributed by atoms with Crippen LogP contribution in [0.4, 0.5) is 5.69 Å². The SMILES string of the molecule is COc1cc(/C=N/Nc2cc(C(=O)O)ccc2Cl)cc(Cl)c1O. The summed E-state index contributed by atoms with van der Waals surface area (Å²) in [6.45, 7) is 0. The highest BCUT2D eigenvalue weighted by atomic mass is 35.5. The van der Waals surface area contributed by atoms with Crippen molar-refractivity contribution >= 4 is 41.1 Å². The summed E-state index contributed by atoms with van der Waals surface area (Å²) >= 11 is 11.8. The number of nitrogens with zero attached hydrogens (tertiary/aromatic N) is 1. The molecule has 2 rings (SSSR count). The zero-order valence-corrected chi connectivity index (χ0v) is 13.4. The zero-order valence-electron chi connectivity index (χ0n) is 11.9. The van der Waals surface area contributed by atoms with Crippen molar-refractivity contribution in [3.8, 4) is 11.5 Å². The van der Waals surface area contributed by atoms with Gasteiger partial charge in [0.1, 0.15) is 0 Å². The average molecular weight is 355 g/mol. The molecule has 6 nitrogen and oxygen atoms in total. The van der Waals surface area contributed by atoms with Crippen LogP contribution in [-0.2, 0) is 0 Å². The van der Waals surface area contributed by atoms with E-state index in [9.17, 15) is 9.90 Å². The Labute approximate surface area is 141 Å². The van der Waals surface area contributed by atoms with E-state index in [1.54, 1.807) is 6.07 Å². The Balaban J connectivity index is 2.21. The highest BCUT2D eigenvalue weighted by Crippen LogP contribution is 2.34. The molecule has 0 aliphatic rings. The Morgan fingerprint density at radius 2 is 2.00 bits per heavy atom. The second-order valence-corrected chi connectivity index (χ2v) is 5.24. The Bertz CT molecular complexity index is 778. The highest BCUT2D eigenvalue weighted by molar-refractivity contribution is 6.33. The van der Waals surface area contributed by atoms with E-state index >= 15 is 0 Å². The van der Waals surface area contributed by atoms with Gasteiger partial charge in [-0.3, -0.25) is 5.43 Å². The van der Waals surface area contributed by atoms with E-state index in [-0.39, 0.29) is 22.1 Å². The van der Waals surface area contributed by atoms with Crippen molar-refractivity contribution in [2.75, 3.05) is 12.5 Å². The molecule has 0 fully saturated rings. The maximum Gasteiger partial charge on any atom is 0.335 e. The van der Waals surface area contributed by atoms with Crippen LogP contribution in [0.2, 0.25) is 10.0 Å². The molecular weight excluding hydrogens is 343 g/mol. The summed E-state index contributed by atoms with van der Waals surface area (Å²) in [5, 5.41) is 23.0. The number of ether oxygens (including phenoxy) is 1. The topological polar surface area (TPSA) is 91.2 Å². The molecule has 23 heavy (non-hydrogen) atoms. The van der Waals surface area contributed by atoms with Crippen molar-refractivity contribution in [1.82, 2.24) is 0 Å². The summed E-state index contributed by atoms with van der Waals surface area (Å²) in [7, 11) is 1.40. The van der Waals surface area contributed by atoms with Gasteiger partial charge in [-0.25, -0.2) is 4.79 Å². The molecule has 0 radical (unpaired) electrons. The van der Waals surface area contributed by atoms with Crippen LogP contribution < -0.4 is 10.2 Å². The largest absolute Gasteiger partial charge is 0.503 e. The van der Waals surface area contributed by atoms with Gasteiger partial charge in [0.15, 0.2) is 11.5 Å². The summed E-state index contributed by atoms with van der Waals surface area (Å²) in [4.78, 5) is 10.9. The number of hydrazone groups is 1. The van der Waals surface area contributed by atoms with Gasteiger partial charge in [-0.15, -0.1) is 0 Å². The number of phenols is 1. The number of nitrogens with one attached hydrogen (secondary N) is 1. The first-order chi connectivity index (χ1) is 10.9. The first kappa shape index (κ1) is 16.9. The number of carbonyl (C=O) groups is 1. The summed E-state index contributed by atoms with van der Waals surface area (Å²) < 4.78 is 4.99. The fraction of sp³-hybridized carbons (Fsp3) is 0.0667. The van der Waals surface area contributed by atoms with Gasteiger partial charge in [-0.1, -0.05) is 23.2 Å². The van der Waals surface area contributed by atoms with Gasteiger partial charge in [-0.2, -0.15) is 5.10 Å². The first-order valence-electron chi connectivity index (χ1n) is 6.30. The number of hydrogen-bond donors (Lipinski definition) is 3. The molecule has 0 aliphatic heterocycles. The third-order valence-electron chi connectivity index (χ3n) is 2.88. The van der Waals surface area contributed by atoms with Crippen LogP contribution in [0.5, 0.6) is 11.5 Å². The fourth-order valence-electron chi connectivity index (χ4n) is 1.74. The van der Waals surface area contributed by atoms with Crippen LogP contribution in [-0.4, -0.2) is 29.5 Å². The van der Waals surface area contributed by atoms with Gasteiger partial charge in [-0.05, 0) is 35.9 Å². The molecule has 8 heteroatoms. The van der Waals surface area contributed by atoms with Crippen LogP contribution in [0.1, 0.15) is 15.9 Å². The van der Waals surface area contributed by atoms with Crippen LogP contribution in [0.3, 0.4) is 0 Å². The van der Waals surface area contributed by atoms with Gasteiger partial charge in [0, 0.05) is 0 Å². The molecule has 3 N–H and O–H groups in total. The molecule has 0 bridgehead atoms. The number of aromatic carboxylic acids is 1. The second-order valence-electron chi connectivity index (χ2n) is 4.42. The number of hydrogen-bond acceptors (Lipinski definition) is 5. The molecule has 0 aliphatic carbocycles. The summed E-state index contributed by atoms with van der Waals surface area (Å²) in [6.07, 6.45) is 1.43. The van der Waals surface area contributed by atoms with E-state index in [1.165, 1.54) is 37.6 Å². The third-order valence-corrected chi connectivity index (χ3v) is 3.50. The van der Waals surface area contributed by atoms with Crippen molar-refractivity contribution in [2.45, 2.75) is 0 Å². The molecule has 0 amide bonds. The van der Waals surface area contributed by atoms with E-state index < -0.39 is 5.97 Å². The molecule has 0 unspecified atom stereocenters. The molecule has 0 saturated heterocycles. The summed E-state index contributed by atoms with van der Waals surface area (Å²) in [5.41, 5.74) is 3.66. The average Bonchev–Trinajstić information content (AvgIpc) is 2.52. The zero-order chi connectivity index (χ0) is 17.0. The van der Waals surface area contributed by atoms with Gasteiger partial charge in [0.25, 0.3) is 0 Å². The van der Waals surface area contributed by atoms with Crippen molar-refractivity contribution < 1.29 is 19.7 Å². The van der Waals surface area contributed by atoms with Crippen LogP contribution >= 0.6 is 23.2 Å². The summed E-state index contributed by atoms with van der Waals surface area (Å²) in [6, 6.07) is 7.27. The Hall–Kier alpha value is -2.44. The monoisotopic (exact) mass is 354 g/mol. The number of phenolic OH excluding ortho intramolecular Hbond substituents is 1. The quantitative estimate of drug-likeness (QED) is 0.560. The Morgan fingerprint density at radius 3 is 2.65 bits per heavy atom. The van der Waals surface area contributed by atoms with E-state index in [4.69, 9.17) is 33.0 Å². The minimum atomic E-state index is -1.07. The predicted molar refractivity (Wildman–Crippen MR) is 89.3 cm³/mol. The number of carboxylic acids is 1. The normalized spacial score (nSPS) is 10.7. The van der Waals surface area contributed by atoms with Crippen molar-refractivity contribution in [2.24, 2.45) is 5.10 Å². The molecule has 0 spiro atoms. The third kappa shape index (κ3) is 4.06. The first-order valence-corrected chi connectivity index (χ1v) is 7.06. The number of methoxy groups -OCH3 is 1. The number of aromatic hydroxyl groups is 1. The summed E-state index contributed by atoms with van der Waals surface area (Å²) in [5.74, 6) is -1.01. The molecule has 0 heterocycles. The van der Waals surface area contributed by atoms with Gasteiger partial charge >= 0.3 is 5.97 Å². The van der Waals surface area contributed by atoms with Crippen LogP contribution in [0, 0.1) is 0 Å². The number of halogens is 2. The lowest BCUT2D eigenvalue weighted by atomic mass is 10.2. The smallest absolute Gasteiger partial charge is 0.335 e. The van der Waals surface area contributed by atoms with Crippen molar-refractivity contribution in [1.29, 1.82) is 0 Å². The molecule has 2 aromatic rings. The Morgan fingerprint density at radius 1 is 1.26 bits per heavy atom. The molecular formula is C15H12Cl2N2O4. The highest BCUT2D eigenvalue weighted by Gasteiger charge is 2.08. The lowest BCUT2D eigenvalue weighted by Gasteiger charge is -2.07. The van der Waals surface area contributed by atoms with E-state index in [2.05, 4.69) is 10.5 Å². The van der Waals surface area contributed by atoms with Gasteiger partial charge in [0.2, 0.25) is 0 Å². The van der Waals surface area contributed by atoms with E-state index in [1.807, 2.05) is 0 Å². The second kappa shape index (κ2) is 7.21.